The van der Waals surface area contributed by atoms with E-state index in [9.17, 15) is 14.4 Å². The lowest BCUT2D eigenvalue weighted by atomic mass is 10.0. The molecule has 2 aromatic heterocycles. The number of benzene rings is 2. The third kappa shape index (κ3) is 7.96. The first-order chi connectivity index (χ1) is 20.2. The van der Waals surface area contributed by atoms with Crippen LogP contribution in [-0.4, -0.2) is 69.1 Å². The summed E-state index contributed by atoms with van der Waals surface area (Å²) < 4.78 is 4.53. The van der Waals surface area contributed by atoms with Crippen LogP contribution in [0.1, 0.15) is 33.0 Å². The molecule has 0 aliphatic heterocycles. The van der Waals surface area contributed by atoms with Crippen molar-refractivity contribution in [1.29, 1.82) is 0 Å². The van der Waals surface area contributed by atoms with Crippen LogP contribution in [0.5, 0.6) is 0 Å². The van der Waals surface area contributed by atoms with E-state index in [1.54, 1.807) is 17.3 Å². The standard InChI is InChI=1S/C30H36N8O4/c1-5-14-38(27(39)17-33-30(41)42-4)18-26-31-15-24(35-26)22-10-6-20(7-11-22)21-8-12-23(13-9-21)25-16-32-28(36-25)37-29(40)34-19(2)3/h6-13,15-16,19H,5,14,17-18H2,1-4H3,(H,31,35)(H,33,41)(H3,32,34,36,37,40). The number of hydrogen-bond donors (Lipinski definition) is 5. The number of rotatable bonds is 11. The molecule has 0 fully saturated rings. The maximum Gasteiger partial charge on any atom is 0.407 e. The van der Waals surface area contributed by atoms with Crippen LogP contribution in [0, 0.1) is 0 Å². The van der Waals surface area contributed by atoms with Crippen molar-refractivity contribution in [2.75, 3.05) is 25.5 Å². The first-order valence-corrected chi connectivity index (χ1v) is 13.7. The average molecular weight is 573 g/mol. The molecule has 0 radical (unpaired) electrons. The quantitative estimate of drug-likeness (QED) is 0.174. The Morgan fingerprint density at radius 3 is 2.02 bits per heavy atom. The van der Waals surface area contributed by atoms with Crippen molar-refractivity contribution in [3.8, 4) is 33.6 Å². The molecule has 0 saturated heterocycles. The highest BCUT2D eigenvalue weighted by Gasteiger charge is 2.16. The molecule has 0 spiro atoms. The van der Waals surface area contributed by atoms with Gasteiger partial charge in [-0.15, -0.1) is 0 Å². The van der Waals surface area contributed by atoms with Gasteiger partial charge in [0.1, 0.15) is 12.4 Å². The Kier molecular flexibility index (Phi) is 9.93. The molecule has 5 N–H and O–H groups in total. The highest BCUT2D eigenvalue weighted by atomic mass is 16.5. The zero-order valence-electron chi connectivity index (χ0n) is 24.2. The SMILES string of the molecule is CCCN(Cc1ncc(-c2ccc(-c3ccc(-c4cnc(NC(=O)NC(C)C)[nH]4)cc3)cc2)[nH]1)C(=O)CNC(=O)OC. The lowest BCUT2D eigenvalue weighted by Gasteiger charge is -2.21. The largest absolute Gasteiger partial charge is 0.453 e. The summed E-state index contributed by atoms with van der Waals surface area (Å²) in [5, 5.41) is 7.88. The van der Waals surface area contributed by atoms with E-state index in [1.807, 2.05) is 69.3 Å². The Bertz CT molecular complexity index is 1490. The zero-order valence-corrected chi connectivity index (χ0v) is 24.2. The zero-order chi connectivity index (χ0) is 30.1. The Morgan fingerprint density at radius 1 is 0.881 bits per heavy atom. The highest BCUT2D eigenvalue weighted by molar-refractivity contribution is 5.88. The van der Waals surface area contributed by atoms with Crippen LogP contribution in [0.15, 0.2) is 60.9 Å². The Hall–Kier alpha value is -5.13. The summed E-state index contributed by atoms with van der Waals surface area (Å²) in [5.74, 6) is 0.821. The Labute approximate surface area is 244 Å². The van der Waals surface area contributed by atoms with Gasteiger partial charge < -0.3 is 30.2 Å². The van der Waals surface area contributed by atoms with Crippen molar-refractivity contribution in [2.45, 2.75) is 39.8 Å². The molecule has 12 heteroatoms. The van der Waals surface area contributed by atoms with Crippen molar-refractivity contribution in [3.63, 3.8) is 0 Å². The summed E-state index contributed by atoms with van der Waals surface area (Å²) >= 11 is 0. The first-order valence-electron chi connectivity index (χ1n) is 13.7. The number of H-pyrrole nitrogens is 2. The molecule has 2 heterocycles. The second kappa shape index (κ2) is 14.0. The molecule has 0 saturated carbocycles. The lowest BCUT2D eigenvalue weighted by molar-refractivity contribution is -0.130. The summed E-state index contributed by atoms with van der Waals surface area (Å²) in [6, 6.07) is 15.9. The number of nitrogens with zero attached hydrogens (tertiary/aromatic N) is 3. The van der Waals surface area contributed by atoms with Crippen LogP contribution in [0.25, 0.3) is 33.6 Å². The number of carbonyl (C=O) groups excluding carboxylic acids is 3. The maximum absolute atomic E-state index is 12.6. The minimum Gasteiger partial charge on any atom is -0.453 e. The molecular weight excluding hydrogens is 536 g/mol. The van der Waals surface area contributed by atoms with E-state index in [0.717, 1.165) is 40.1 Å². The van der Waals surface area contributed by atoms with Gasteiger partial charge in [-0.05, 0) is 42.5 Å². The number of aromatic amines is 2. The second-order valence-corrected chi connectivity index (χ2v) is 9.96. The summed E-state index contributed by atoms with van der Waals surface area (Å²) in [5.41, 5.74) is 5.66. The van der Waals surface area contributed by atoms with Crippen LogP contribution in [0.3, 0.4) is 0 Å². The van der Waals surface area contributed by atoms with Crippen molar-refractivity contribution < 1.29 is 19.1 Å². The van der Waals surface area contributed by atoms with Crippen molar-refractivity contribution in [1.82, 2.24) is 35.5 Å². The van der Waals surface area contributed by atoms with Crippen LogP contribution in [0.4, 0.5) is 15.5 Å². The van der Waals surface area contributed by atoms with E-state index < -0.39 is 6.09 Å². The number of imidazole rings is 2. The van der Waals surface area contributed by atoms with E-state index in [4.69, 9.17) is 0 Å². The van der Waals surface area contributed by atoms with Crippen LogP contribution < -0.4 is 16.0 Å². The fourth-order valence-corrected chi connectivity index (χ4v) is 4.29. The van der Waals surface area contributed by atoms with E-state index >= 15 is 0 Å². The number of methoxy groups -OCH3 is 1. The van der Waals surface area contributed by atoms with Gasteiger partial charge in [0.15, 0.2) is 0 Å². The van der Waals surface area contributed by atoms with Gasteiger partial charge in [0.2, 0.25) is 11.9 Å². The molecule has 0 aliphatic carbocycles. The predicted molar refractivity (Wildman–Crippen MR) is 160 cm³/mol. The van der Waals surface area contributed by atoms with E-state index in [-0.39, 0.29) is 24.5 Å². The Balaban J connectivity index is 1.38. The van der Waals surface area contributed by atoms with E-state index in [0.29, 0.717) is 24.9 Å². The van der Waals surface area contributed by atoms with Crippen LogP contribution in [0.2, 0.25) is 0 Å². The molecule has 0 atom stereocenters. The summed E-state index contributed by atoms with van der Waals surface area (Å²) in [4.78, 5) is 52.6. The Morgan fingerprint density at radius 2 is 1.45 bits per heavy atom. The number of aromatic nitrogens is 4. The van der Waals surface area contributed by atoms with Gasteiger partial charge in [-0.3, -0.25) is 10.1 Å². The molecule has 4 rings (SSSR count). The van der Waals surface area contributed by atoms with Gasteiger partial charge in [-0.25, -0.2) is 19.6 Å². The van der Waals surface area contributed by atoms with Crippen LogP contribution in [-0.2, 0) is 16.1 Å². The van der Waals surface area contributed by atoms with Crippen molar-refractivity contribution >= 4 is 24.0 Å². The molecule has 0 unspecified atom stereocenters. The first kappa shape index (κ1) is 29.8. The number of amides is 4. The minimum absolute atomic E-state index is 0.0285. The van der Waals surface area contributed by atoms with Crippen molar-refractivity contribution in [3.05, 3.63) is 66.7 Å². The molecule has 220 valence electrons. The normalized spacial score (nSPS) is 10.8. The predicted octanol–water partition coefficient (Wildman–Crippen LogP) is 4.76. The summed E-state index contributed by atoms with van der Waals surface area (Å²) in [7, 11) is 1.26. The number of urea groups is 1. The minimum atomic E-state index is -0.645. The number of nitrogens with one attached hydrogen (secondary N) is 5. The van der Waals surface area contributed by atoms with Gasteiger partial charge in [0, 0.05) is 12.6 Å². The number of anilines is 1. The van der Waals surface area contributed by atoms with Gasteiger partial charge in [0.05, 0.1) is 37.4 Å². The fraction of sp³-hybridized carbons (Fsp3) is 0.300. The number of carbonyl (C=O) groups is 3. The van der Waals surface area contributed by atoms with Gasteiger partial charge in [0.25, 0.3) is 0 Å². The molecule has 4 aromatic rings. The number of hydrogen-bond acceptors (Lipinski definition) is 6. The van der Waals surface area contributed by atoms with Crippen molar-refractivity contribution in [2.24, 2.45) is 0 Å². The maximum atomic E-state index is 12.6. The third-order valence-electron chi connectivity index (χ3n) is 6.34. The van der Waals surface area contributed by atoms with Gasteiger partial charge in [-0.1, -0.05) is 55.5 Å². The monoisotopic (exact) mass is 572 g/mol. The third-order valence-corrected chi connectivity index (χ3v) is 6.34. The molecule has 0 bridgehead atoms. The average Bonchev–Trinajstić information content (AvgIpc) is 3.65. The molecule has 42 heavy (non-hydrogen) atoms. The molecule has 4 amide bonds. The fourth-order valence-electron chi connectivity index (χ4n) is 4.29. The number of ether oxygens (including phenoxy) is 1. The highest BCUT2D eigenvalue weighted by Crippen LogP contribution is 2.27. The topological polar surface area (TPSA) is 157 Å². The summed E-state index contributed by atoms with van der Waals surface area (Å²) in [6.45, 7) is 6.47. The number of alkyl carbamates (subject to hydrolysis) is 1. The summed E-state index contributed by atoms with van der Waals surface area (Å²) in [6.07, 6.45) is 3.56. The van der Waals surface area contributed by atoms with Crippen LogP contribution >= 0.6 is 0 Å². The van der Waals surface area contributed by atoms with E-state index in [1.165, 1.54) is 7.11 Å². The second-order valence-electron chi connectivity index (χ2n) is 9.96. The molecule has 12 nitrogen and oxygen atoms in total. The molecule has 2 aromatic carbocycles. The molecular formula is C30H36N8O4. The lowest BCUT2D eigenvalue weighted by Crippen LogP contribution is -2.40. The van der Waals surface area contributed by atoms with Gasteiger partial charge in [-0.2, -0.15) is 0 Å². The molecule has 0 aliphatic rings. The van der Waals surface area contributed by atoms with Gasteiger partial charge >= 0.3 is 12.1 Å². The smallest absolute Gasteiger partial charge is 0.407 e. The van der Waals surface area contributed by atoms with E-state index in [2.05, 4.69) is 40.6 Å².